The van der Waals surface area contributed by atoms with Gasteiger partial charge in [0.05, 0.1) is 19.0 Å². The molecule has 2 saturated heterocycles. The molecule has 3 atom stereocenters. The van der Waals surface area contributed by atoms with Crippen LogP contribution in [0.4, 0.5) is 0 Å². The fourth-order valence-electron chi connectivity index (χ4n) is 3.74. The third kappa shape index (κ3) is 4.76. The van der Waals surface area contributed by atoms with E-state index in [1.54, 1.807) is 0 Å². The number of nitrogens with one attached hydrogen (secondary N) is 1. The van der Waals surface area contributed by atoms with Crippen molar-refractivity contribution in [3.05, 3.63) is 35.9 Å². The number of sulfonamides is 1. The van der Waals surface area contributed by atoms with Gasteiger partial charge in [-0.3, -0.25) is 0 Å². The molecule has 0 bridgehead atoms. The minimum Gasteiger partial charge on any atom is -0.376 e. The summed E-state index contributed by atoms with van der Waals surface area (Å²) in [5, 5.41) is 0. The lowest BCUT2D eigenvalue weighted by atomic mass is 9.84. The number of likely N-dealkylation sites (tertiary alicyclic amines) is 1. The predicted molar refractivity (Wildman–Crippen MR) is 90.8 cm³/mol. The van der Waals surface area contributed by atoms with E-state index < -0.39 is 10.0 Å². The van der Waals surface area contributed by atoms with E-state index >= 15 is 0 Å². The minimum absolute atomic E-state index is 0.0333. The number of hydrogen-bond acceptors (Lipinski definition) is 4. The molecule has 0 saturated carbocycles. The number of nitrogens with zero attached hydrogens (tertiary/aromatic N) is 1. The zero-order valence-electron chi connectivity index (χ0n) is 13.6. The first-order valence-corrected chi connectivity index (χ1v) is 10.2. The molecule has 1 N–H and O–H groups in total. The van der Waals surface area contributed by atoms with Gasteiger partial charge in [0.2, 0.25) is 10.0 Å². The summed E-state index contributed by atoms with van der Waals surface area (Å²) in [7, 11) is -3.14. The van der Waals surface area contributed by atoms with E-state index in [0.29, 0.717) is 18.4 Å². The number of ether oxygens (including phenoxy) is 1. The molecule has 2 fully saturated rings. The van der Waals surface area contributed by atoms with Crippen LogP contribution in [0.2, 0.25) is 0 Å². The van der Waals surface area contributed by atoms with E-state index in [-0.39, 0.29) is 6.10 Å². The Hall–Kier alpha value is -0.950. The molecule has 1 aromatic rings. The molecule has 2 aliphatic rings. The van der Waals surface area contributed by atoms with E-state index in [1.165, 1.54) is 11.8 Å². The minimum atomic E-state index is -3.14. The van der Waals surface area contributed by atoms with Crippen LogP contribution < -0.4 is 4.72 Å². The Balaban J connectivity index is 1.47. The monoisotopic (exact) mass is 338 g/mol. The van der Waals surface area contributed by atoms with Crippen molar-refractivity contribution in [3.63, 3.8) is 0 Å². The second-order valence-electron chi connectivity index (χ2n) is 6.74. The molecule has 1 aromatic carbocycles. The van der Waals surface area contributed by atoms with Crippen LogP contribution in [0.3, 0.4) is 0 Å². The number of hydrogen-bond donors (Lipinski definition) is 1. The first-order chi connectivity index (χ1) is 11.0. The summed E-state index contributed by atoms with van der Waals surface area (Å²) in [5.74, 6) is 1.02. The number of fused-ring (bicyclic) bond motifs is 1. The van der Waals surface area contributed by atoms with Gasteiger partial charge in [0.15, 0.2) is 0 Å². The van der Waals surface area contributed by atoms with Gasteiger partial charge in [-0.15, -0.1) is 0 Å². The molecular formula is C17H26N2O3S. The van der Waals surface area contributed by atoms with Crippen molar-refractivity contribution >= 4 is 10.0 Å². The lowest BCUT2D eigenvalue weighted by Gasteiger charge is -2.35. The number of piperidine rings is 1. The number of benzene rings is 1. The highest BCUT2D eigenvalue weighted by molar-refractivity contribution is 7.88. The van der Waals surface area contributed by atoms with E-state index in [2.05, 4.69) is 40.0 Å². The third-order valence-electron chi connectivity index (χ3n) is 4.99. The molecular weight excluding hydrogens is 312 g/mol. The fourth-order valence-corrected chi connectivity index (χ4v) is 4.21. The molecule has 23 heavy (non-hydrogen) atoms. The highest BCUT2D eigenvalue weighted by Crippen LogP contribution is 2.34. The Bertz CT molecular complexity index is 606. The smallest absolute Gasteiger partial charge is 0.208 e. The average molecular weight is 338 g/mol. The summed E-state index contributed by atoms with van der Waals surface area (Å²) < 4.78 is 30.9. The van der Waals surface area contributed by atoms with Crippen LogP contribution in [0, 0.1) is 11.8 Å². The van der Waals surface area contributed by atoms with Crippen molar-refractivity contribution < 1.29 is 13.2 Å². The predicted octanol–water partition coefficient (Wildman–Crippen LogP) is 1.12. The molecule has 3 rings (SSSR count). The summed E-state index contributed by atoms with van der Waals surface area (Å²) in [6, 6.07) is 10.6. The van der Waals surface area contributed by atoms with Gasteiger partial charge in [-0.1, -0.05) is 30.3 Å². The Labute approximate surface area is 139 Å². The normalized spacial score (nSPS) is 28.7. The molecule has 5 nitrogen and oxygen atoms in total. The molecule has 6 heteroatoms. The van der Waals surface area contributed by atoms with Crippen molar-refractivity contribution in [1.29, 1.82) is 0 Å². The lowest BCUT2D eigenvalue weighted by molar-refractivity contribution is 0.0892. The highest BCUT2D eigenvalue weighted by atomic mass is 32.2. The van der Waals surface area contributed by atoms with Crippen molar-refractivity contribution in [1.82, 2.24) is 9.62 Å². The van der Waals surface area contributed by atoms with Gasteiger partial charge in [0, 0.05) is 25.6 Å². The molecule has 0 amide bonds. The Morgan fingerprint density at radius 1 is 1.30 bits per heavy atom. The molecule has 128 valence electrons. The molecule has 0 spiro atoms. The maximum Gasteiger partial charge on any atom is 0.208 e. The van der Waals surface area contributed by atoms with Crippen molar-refractivity contribution in [2.45, 2.75) is 18.9 Å². The summed E-state index contributed by atoms with van der Waals surface area (Å²) in [4.78, 5) is 2.52. The first kappa shape index (κ1) is 16.9. The zero-order valence-corrected chi connectivity index (χ0v) is 14.5. The molecule has 0 radical (unpaired) electrons. The topological polar surface area (TPSA) is 58.6 Å². The van der Waals surface area contributed by atoms with Crippen LogP contribution in [0.25, 0.3) is 0 Å². The van der Waals surface area contributed by atoms with Crippen LogP contribution in [0.15, 0.2) is 30.3 Å². The maximum atomic E-state index is 11.2. The molecule has 2 aliphatic heterocycles. The Morgan fingerprint density at radius 2 is 2.09 bits per heavy atom. The molecule has 0 aromatic heterocycles. The van der Waals surface area contributed by atoms with Gasteiger partial charge in [-0.05, 0) is 30.9 Å². The molecule has 0 unspecified atom stereocenters. The largest absolute Gasteiger partial charge is 0.376 e. The second kappa shape index (κ2) is 7.30. The van der Waals surface area contributed by atoms with Gasteiger partial charge in [-0.25, -0.2) is 13.1 Å². The van der Waals surface area contributed by atoms with Crippen LogP contribution in [0.1, 0.15) is 12.0 Å². The highest BCUT2D eigenvalue weighted by Gasteiger charge is 2.40. The maximum absolute atomic E-state index is 11.2. The second-order valence-corrected chi connectivity index (χ2v) is 8.57. The number of rotatable bonds is 6. The van der Waals surface area contributed by atoms with Crippen LogP contribution in [-0.2, 0) is 21.2 Å². The molecule has 0 aliphatic carbocycles. The Morgan fingerprint density at radius 3 is 2.83 bits per heavy atom. The summed E-state index contributed by atoms with van der Waals surface area (Å²) in [6.45, 7) is 4.38. The zero-order chi connectivity index (χ0) is 16.3. The molecule has 2 heterocycles. The van der Waals surface area contributed by atoms with Gasteiger partial charge >= 0.3 is 0 Å². The van der Waals surface area contributed by atoms with E-state index in [1.807, 2.05) is 0 Å². The average Bonchev–Trinajstić information content (AvgIpc) is 2.94. The van der Waals surface area contributed by atoms with Gasteiger partial charge in [0.25, 0.3) is 0 Å². The van der Waals surface area contributed by atoms with Crippen molar-refractivity contribution in [2.24, 2.45) is 11.8 Å². The summed E-state index contributed by atoms with van der Waals surface area (Å²) >= 11 is 0. The quantitative estimate of drug-likeness (QED) is 0.844. The van der Waals surface area contributed by atoms with Crippen LogP contribution in [0.5, 0.6) is 0 Å². The fraction of sp³-hybridized carbons (Fsp3) is 0.647. The summed E-state index contributed by atoms with van der Waals surface area (Å²) in [5.41, 5.74) is 1.38. The van der Waals surface area contributed by atoms with E-state index in [9.17, 15) is 8.42 Å². The Kier molecular flexibility index (Phi) is 5.36. The van der Waals surface area contributed by atoms with E-state index in [4.69, 9.17) is 4.74 Å². The van der Waals surface area contributed by atoms with E-state index in [0.717, 1.165) is 39.1 Å². The van der Waals surface area contributed by atoms with Crippen LogP contribution >= 0.6 is 0 Å². The lowest BCUT2D eigenvalue weighted by Crippen LogP contribution is -2.44. The third-order valence-corrected chi connectivity index (χ3v) is 5.68. The van der Waals surface area contributed by atoms with Gasteiger partial charge < -0.3 is 9.64 Å². The van der Waals surface area contributed by atoms with Crippen LogP contribution in [-0.4, -0.2) is 58.5 Å². The standard InChI is InChI=1S/C17H26N2O3S/c1-23(20,21)18-11-17-16-8-10-19(12-15(16)13-22-17)9-7-14-5-3-2-4-6-14/h2-6,15-18H,7-13H2,1H3/t15-,16-,17-/m1/s1. The van der Waals surface area contributed by atoms with Crippen molar-refractivity contribution in [3.8, 4) is 0 Å². The van der Waals surface area contributed by atoms with Gasteiger partial charge in [-0.2, -0.15) is 0 Å². The SMILES string of the molecule is CS(=O)(=O)NC[C@H]1OC[C@H]2CN(CCc3ccccc3)CC[C@H]21. The van der Waals surface area contributed by atoms with Crippen molar-refractivity contribution in [2.75, 3.05) is 39.0 Å². The first-order valence-electron chi connectivity index (χ1n) is 8.34. The van der Waals surface area contributed by atoms with Gasteiger partial charge in [0.1, 0.15) is 0 Å². The summed E-state index contributed by atoms with van der Waals surface area (Å²) in [6.07, 6.45) is 3.41.